The van der Waals surface area contributed by atoms with E-state index in [-0.39, 0.29) is 11.7 Å². The molecule has 0 atom stereocenters. The van der Waals surface area contributed by atoms with E-state index >= 15 is 0 Å². The van der Waals surface area contributed by atoms with Gasteiger partial charge in [-0.25, -0.2) is 4.98 Å². The first kappa shape index (κ1) is 15.2. The molecule has 0 fully saturated rings. The van der Waals surface area contributed by atoms with Crippen LogP contribution in [0.15, 0.2) is 54.6 Å². The van der Waals surface area contributed by atoms with Crippen molar-refractivity contribution in [3.63, 3.8) is 0 Å². The van der Waals surface area contributed by atoms with Crippen LogP contribution in [0.1, 0.15) is 25.9 Å². The van der Waals surface area contributed by atoms with Gasteiger partial charge in [-0.3, -0.25) is 4.79 Å². The number of para-hydroxylation sites is 2. The van der Waals surface area contributed by atoms with Crippen LogP contribution in [-0.4, -0.2) is 16.0 Å². The summed E-state index contributed by atoms with van der Waals surface area (Å²) in [5.41, 5.74) is 2.26. The van der Waals surface area contributed by atoms with E-state index in [9.17, 15) is 9.90 Å². The molecule has 4 nitrogen and oxygen atoms in total. The average molecular weight is 324 g/mol. The van der Waals surface area contributed by atoms with Gasteiger partial charge in [-0.2, -0.15) is 0 Å². The van der Waals surface area contributed by atoms with E-state index in [1.165, 1.54) is 17.4 Å². The third kappa shape index (κ3) is 3.57. The Morgan fingerprint density at radius 3 is 2.57 bits per heavy atom. The Morgan fingerprint density at radius 2 is 1.83 bits per heavy atom. The summed E-state index contributed by atoms with van der Waals surface area (Å²) in [6.45, 7) is 1.82. The Kier molecular flexibility index (Phi) is 4.39. The van der Waals surface area contributed by atoms with Crippen molar-refractivity contribution in [2.75, 3.05) is 5.32 Å². The van der Waals surface area contributed by atoms with Crippen LogP contribution in [-0.2, 0) is 6.42 Å². The van der Waals surface area contributed by atoms with Crippen molar-refractivity contribution in [2.24, 2.45) is 0 Å². The molecule has 1 heterocycles. The maximum Gasteiger partial charge on any atom is 0.267 e. The molecule has 2 N–H and O–H groups in total. The molecular weight excluding hydrogens is 308 g/mol. The molecule has 1 amide bonds. The van der Waals surface area contributed by atoms with Gasteiger partial charge in [0.05, 0.1) is 16.4 Å². The van der Waals surface area contributed by atoms with E-state index in [0.29, 0.717) is 22.7 Å². The second-order valence-electron chi connectivity index (χ2n) is 5.16. The molecule has 0 spiro atoms. The van der Waals surface area contributed by atoms with Gasteiger partial charge in [0.15, 0.2) is 0 Å². The van der Waals surface area contributed by atoms with Crippen molar-refractivity contribution in [3.05, 3.63) is 75.7 Å². The molecule has 116 valence electrons. The quantitative estimate of drug-likeness (QED) is 0.713. The number of phenols is 1. The van der Waals surface area contributed by atoms with Gasteiger partial charge < -0.3 is 10.4 Å². The largest absolute Gasteiger partial charge is 0.506 e. The fourth-order valence-electron chi connectivity index (χ4n) is 2.27. The number of nitrogens with one attached hydrogen (secondary N) is 1. The molecule has 0 aliphatic rings. The lowest BCUT2D eigenvalue weighted by atomic mass is 10.2. The number of aryl methyl sites for hydroxylation is 1. The number of hydrogen-bond donors (Lipinski definition) is 2. The number of aromatic nitrogens is 1. The Bertz CT molecular complexity index is 828. The van der Waals surface area contributed by atoms with E-state index in [4.69, 9.17) is 0 Å². The molecule has 1 aromatic heterocycles. The van der Waals surface area contributed by atoms with Gasteiger partial charge in [-0.15, -0.1) is 11.3 Å². The van der Waals surface area contributed by atoms with Gasteiger partial charge >= 0.3 is 0 Å². The zero-order valence-corrected chi connectivity index (χ0v) is 13.4. The highest BCUT2D eigenvalue weighted by atomic mass is 32.1. The highest BCUT2D eigenvalue weighted by Crippen LogP contribution is 2.25. The summed E-state index contributed by atoms with van der Waals surface area (Å²) in [5.74, 6) is -0.201. The summed E-state index contributed by atoms with van der Waals surface area (Å²) >= 11 is 1.38. The van der Waals surface area contributed by atoms with Crippen LogP contribution in [0.4, 0.5) is 5.69 Å². The Hall–Kier alpha value is -2.66. The molecule has 0 aliphatic carbocycles. The molecule has 0 bridgehead atoms. The molecule has 3 rings (SSSR count). The van der Waals surface area contributed by atoms with Gasteiger partial charge in [0.1, 0.15) is 10.6 Å². The van der Waals surface area contributed by atoms with Crippen molar-refractivity contribution < 1.29 is 9.90 Å². The van der Waals surface area contributed by atoms with Crippen LogP contribution in [0.25, 0.3) is 0 Å². The predicted octanol–water partition coefficient (Wildman–Crippen LogP) is 4.00. The molecule has 23 heavy (non-hydrogen) atoms. The molecule has 0 saturated carbocycles. The smallest absolute Gasteiger partial charge is 0.267 e. The molecular formula is C18H16N2O2S. The highest BCUT2D eigenvalue weighted by Gasteiger charge is 2.16. The maximum absolute atomic E-state index is 12.4. The lowest BCUT2D eigenvalue weighted by Gasteiger charge is -2.05. The van der Waals surface area contributed by atoms with E-state index in [2.05, 4.69) is 10.3 Å². The van der Waals surface area contributed by atoms with Crippen LogP contribution < -0.4 is 5.32 Å². The first-order valence-electron chi connectivity index (χ1n) is 7.23. The van der Waals surface area contributed by atoms with Gasteiger partial charge in [-0.1, -0.05) is 42.5 Å². The number of anilines is 1. The van der Waals surface area contributed by atoms with Gasteiger partial charge in [0, 0.05) is 6.42 Å². The summed E-state index contributed by atoms with van der Waals surface area (Å²) < 4.78 is 0. The number of carbonyl (C=O) groups excluding carboxylic acids is 1. The Balaban J connectivity index is 1.78. The van der Waals surface area contributed by atoms with Crippen LogP contribution in [0.2, 0.25) is 0 Å². The number of phenolic OH excluding ortho intramolecular Hbond substituents is 1. The SMILES string of the molecule is Cc1nc(Cc2ccccc2)sc1C(=O)Nc1ccccc1O. The van der Waals surface area contributed by atoms with Crippen molar-refractivity contribution in [2.45, 2.75) is 13.3 Å². The van der Waals surface area contributed by atoms with Gasteiger partial charge in [0.25, 0.3) is 5.91 Å². The third-order valence-corrected chi connectivity index (χ3v) is 4.55. The average Bonchev–Trinajstić information content (AvgIpc) is 2.91. The first-order valence-corrected chi connectivity index (χ1v) is 8.04. The lowest BCUT2D eigenvalue weighted by Crippen LogP contribution is -2.11. The highest BCUT2D eigenvalue weighted by molar-refractivity contribution is 7.14. The third-order valence-electron chi connectivity index (χ3n) is 3.40. The summed E-state index contributed by atoms with van der Waals surface area (Å²) in [7, 11) is 0. The van der Waals surface area contributed by atoms with Crippen LogP contribution in [0.5, 0.6) is 5.75 Å². The molecule has 0 saturated heterocycles. The van der Waals surface area contributed by atoms with Crippen LogP contribution >= 0.6 is 11.3 Å². The normalized spacial score (nSPS) is 10.5. The Labute approximate surface area is 138 Å². The lowest BCUT2D eigenvalue weighted by molar-refractivity contribution is 0.102. The van der Waals surface area contributed by atoms with Crippen molar-refractivity contribution in [3.8, 4) is 5.75 Å². The van der Waals surface area contributed by atoms with Crippen LogP contribution in [0.3, 0.4) is 0 Å². The van der Waals surface area contributed by atoms with E-state index in [0.717, 1.165) is 10.6 Å². The fourth-order valence-corrected chi connectivity index (χ4v) is 3.26. The number of aromatic hydroxyl groups is 1. The summed E-state index contributed by atoms with van der Waals surface area (Å²) in [6, 6.07) is 16.7. The van der Waals surface area contributed by atoms with Crippen molar-refractivity contribution >= 4 is 22.9 Å². The zero-order valence-electron chi connectivity index (χ0n) is 12.6. The number of hydrogen-bond acceptors (Lipinski definition) is 4. The molecule has 0 radical (unpaired) electrons. The van der Waals surface area contributed by atoms with E-state index < -0.39 is 0 Å². The number of rotatable bonds is 4. The van der Waals surface area contributed by atoms with Crippen molar-refractivity contribution in [1.82, 2.24) is 4.98 Å². The summed E-state index contributed by atoms with van der Waals surface area (Å²) in [4.78, 5) is 17.5. The second-order valence-corrected chi connectivity index (χ2v) is 6.24. The van der Waals surface area contributed by atoms with Crippen LogP contribution in [0, 0.1) is 6.92 Å². The van der Waals surface area contributed by atoms with Gasteiger partial charge in [-0.05, 0) is 24.6 Å². The summed E-state index contributed by atoms with van der Waals surface area (Å²) in [5, 5.41) is 13.4. The fraction of sp³-hybridized carbons (Fsp3) is 0.111. The second kappa shape index (κ2) is 6.62. The molecule has 0 aliphatic heterocycles. The maximum atomic E-state index is 12.4. The minimum atomic E-state index is -0.249. The minimum absolute atomic E-state index is 0.0486. The molecule has 5 heteroatoms. The zero-order chi connectivity index (χ0) is 16.2. The van der Waals surface area contributed by atoms with Crippen molar-refractivity contribution in [1.29, 1.82) is 0 Å². The first-order chi connectivity index (χ1) is 11.1. The number of thiazole rings is 1. The topological polar surface area (TPSA) is 62.2 Å². The van der Waals surface area contributed by atoms with Gasteiger partial charge in [0.2, 0.25) is 0 Å². The molecule has 2 aromatic carbocycles. The number of benzene rings is 2. The standard InChI is InChI=1S/C18H16N2O2S/c1-12-17(18(22)20-14-9-5-6-10-15(14)21)23-16(19-12)11-13-7-3-2-4-8-13/h2-10,21H,11H2,1H3,(H,20,22). The Morgan fingerprint density at radius 1 is 1.13 bits per heavy atom. The predicted molar refractivity (Wildman–Crippen MR) is 92.2 cm³/mol. The number of carbonyl (C=O) groups is 1. The minimum Gasteiger partial charge on any atom is -0.506 e. The van der Waals surface area contributed by atoms with E-state index in [1.807, 2.05) is 37.3 Å². The molecule has 0 unspecified atom stereocenters. The number of nitrogens with zero attached hydrogens (tertiary/aromatic N) is 1. The monoisotopic (exact) mass is 324 g/mol. The number of amides is 1. The molecule has 3 aromatic rings. The van der Waals surface area contributed by atoms with E-state index in [1.54, 1.807) is 18.2 Å². The summed E-state index contributed by atoms with van der Waals surface area (Å²) in [6.07, 6.45) is 0.705.